The summed E-state index contributed by atoms with van der Waals surface area (Å²) in [5, 5.41) is 9.66. The third-order valence-electron chi connectivity index (χ3n) is 2.78. The number of rotatable bonds is 3. The second-order valence-electron chi connectivity index (χ2n) is 3.89. The highest BCUT2D eigenvalue weighted by molar-refractivity contribution is 5.52. The molecule has 1 saturated carbocycles. The first kappa shape index (κ1) is 9.28. The van der Waals surface area contributed by atoms with E-state index >= 15 is 0 Å². The molecule has 1 aromatic carbocycles. The molecule has 0 saturated heterocycles. The van der Waals surface area contributed by atoms with E-state index in [0.29, 0.717) is 11.7 Å². The second-order valence-corrected chi connectivity index (χ2v) is 3.89. The number of aromatic hydroxyl groups is 1. The molecule has 3 N–H and O–H groups in total. The van der Waals surface area contributed by atoms with Crippen LogP contribution in [0.25, 0.3) is 6.08 Å². The molecule has 1 fully saturated rings. The van der Waals surface area contributed by atoms with Gasteiger partial charge in [0.1, 0.15) is 5.75 Å². The molecule has 1 aromatic rings. The first-order valence-corrected chi connectivity index (χ1v) is 4.93. The minimum Gasteiger partial charge on any atom is -0.508 e. The van der Waals surface area contributed by atoms with Crippen molar-refractivity contribution in [1.82, 2.24) is 0 Å². The van der Waals surface area contributed by atoms with Crippen LogP contribution in [0, 0.1) is 5.92 Å². The minimum absolute atomic E-state index is 0.0186. The molecule has 74 valence electrons. The van der Waals surface area contributed by atoms with Gasteiger partial charge in [0.2, 0.25) is 0 Å². The van der Waals surface area contributed by atoms with E-state index in [2.05, 4.69) is 6.58 Å². The summed E-state index contributed by atoms with van der Waals surface area (Å²) in [5.41, 5.74) is 7.89. The van der Waals surface area contributed by atoms with E-state index in [-0.39, 0.29) is 6.04 Å². The van der Waals surface area contributed by atoms with Crippen LogP contribution in [-0.4, -0.2) is 5.11 Å². The predicted molar refractivity (Wildman–Crippen MR) is 57.9 cm³/mol. The molecule has 2 nitrogen and oxygen atoms in total. The molecule has 0 spiro atoms. The van der Waals surface area contributed by atoms with E-state index in [1.807, 2.05) is 12.1 Å². The smallest absolute Gasteiger partial charge is 0.120 e. The largest absolute Gasteiger partial charge is 0.508 e. The van der Waals surface area contributed by atoms with Crippen molar-refractivity contribution in [2.45, 2.75) is 18.9 Å². The summed E-state index contributed by atoms with van der Waals surface area (Å²) < 4.78 is 0. The zero-order chi connectivity index (χ0) is 10.1. The molecule has 1 unspecified atom stereocenters. The summed E-state index contributed by atoms with van der Waals surface area (Å²) in [7, 11) is 0. The van der Waals surface area contributed by atoms with Crippen molar-refractivity contribution in [2.24, 2.45) is 11.7 Å². The summed E-state index contributed by atoms with van der Waals surface area (Å²) in [4.78, 5) is 0. The maximum atomic E-state index is 9.66. The maximum absolute atomic E-state index is 9.66. The molecule has 0 radical (unpaired) electrons. The van der Waals surface area contributed by atoms with Gasteiger partial charge in [-0.05, 0) is 36.5 Å². The number of benzene rings is 1. The van der Waals surface area contributed by atoms with Gasteiger partial charge in [0.05, 0.1) is 0 Å². The van der Waals surface area contributed by atoms with Gasteiger partial charge in [-0.3, -0.25) is 0 Å². The Morgan fingerprint density at radius 3 is 2.79 bits per heavy atom. The average molecular weight is 189 g/mol. The molecule has 1 aliphatic rings. The van der Waals surface area contributed by atoms with Crippen LogP contribution in [0.15, 0.2) is 24.8 Å². The van der Waals surface area contributed by atoms with E-state index in [0.717, 1.165) is 11.1 Å². The van der Waals surface area contributed by atoms with Crippen LogP contribution in [0.3, 0.4) is 0 Å². The van der Waals surface area contributed by atoms with Crippen molar-refractivity contribution in [2.75, 3.05) is 0 Å². The van der Waals surface area contributed by atoms with Crippen molar-refractivity contribution in [3.63, 3.8) is 0 Å². The number of nitrogens with two attached hydrogens (primary N) is 1. The van der Waals surface area contributed by atoms with Gasteiger partial charge in [-0.15, -0.1) is 0 Å². The van der Waals surface area contributed by atoms with Crippen LogP contribution in [-0.2, 0) is 0 Å². The van der Waals surface area contributed by atoms with Gasteiger partial charge in [-0.2, -0.15) is 0 Å². The van der Waals surface area contributed by atoms with Gasteiger partial charge < -0.3 is 10.8 Å². The monoisotopic (exact) mass is 189 g/mol. The Bertz CT molecular complexity index is 355. The molecule has 0 aliphatic heterocycles. The molecule has 2 heteroatoms. The van der Waals surface area contributed by atoms with Crippen LogP contribution in [0.1, 0.15) is 30.0 Å². The van der Waals surface area contributed by atoms with Crippen molar-refractivity contribution in [3.8, 4) is 5.75 Å². The number of phenols is 1. The highest BCUT2D eigenvalue weighted by Gasteiger charge is 2.30. The molecular weight excluding hydrogens is 174 g/mol. The first-order valence-electron chi connectivity index (χ1n) is 4.93. The van der Waals surface area contributed by atoms with Crippen LogP contribution in [0.5, 0.6) is 5.75 Å². The molecule has 2 rings (SSSR count). The Morgan fingerprint density at radius 2 is 2.21 bits per heavy atom. The van der Waals surface area contributed by atoms with Crippen LogP contribution >= 0.6 is 0 Å². The van der Waals surface area contributed by atoms with Crippen LogP contribution in [0.4, 0.5) is 0 Å². The van der Waals surface area contributed by atoms with Gasteiger partial charge in [-0.25, -0.2) is 0 Å². The molecule has 0 bridgehead atoms. The standard InChI is InChI=1S/C12H15NO/c1-2-8-3-6-11(14)10(7-8)12(13)9-4-5-9/h2-3,6-7,9,12,14H,1,4-5,13H2. The van der Waals surface area contributed by atoms with E-state index in [9.17, 15) is 5.11 Å². The van der Waals surface area contributed by atoms with E-state index < -0.39 is 0 Å². The SMILES string of the molecule is C=Cc1ccc(O)c(C(N)C2CC2)c1. The fourth-order valence-corrected chi connectivity index (χ4v) is 1.68. The van der Waals surface area contributed by atoms with Gasteiger partial charge in [-0.1, -0.05) is 18.7 Å². The number of hydrogen-bond donors (Lipinski definition) is 2. The molecule has 0 heterocycles. The summed E-state index contributed by atoms with van der Waals surface area (Å²) in [5.74, 6) is 0.857. The van der Waals surface area contributed by atoms with Gasteiger partial charge in [0.15, 0.2) is 0 Å². The van der Waals surface area contributed by atoms with Crippen molar-refractivity contribution >= 4 is 6.08 Å². The summed E-state index contributed by atoms with van der Waals surface area (Å²) >= 11 is 0. The molecule has 14 heavy (non-hydrogen) atoms. The third kappa shape index (κ3) is 1.66. The Balaban J connectivity index is 2.33. The summed E-state index contributed by atoms with van der Waals surface area (Å²) in [6.07, 6.45) is 4.13. The average Bonchev–Trinajstić information content (AvgIpc) is 3.01. The fourth-order valence-electron chi connectivity index (χ4n) is 1.68. The molecule has 1 aliphatic carbocycles. The normalized spacial score (nSPS) is 17.8. The van der Waals surface area contributed by atoms with E-state index in [1.165, 1.54) is 12.8 Å². The van der Waals surface area contributed by atoms with E-state index in [4.69, 9.17) is 5.73 Å². The lowest BCUT2D eigenvalue weighted by Gasteiger charge is -2.13. The molecular formula is C12H15NO. The van der Waals surface area contributed by atoms with Crippen molar-refractivity contribution < 1.29 is 5.11 Å². The Morgan fingerprint density at radius 1 is 1.50 bits per heavy atom. The lowest BCUT2D eigenvalue weighted by Crippen LogP contribution is -2.12. The van der Waals surface area contributed by atoms with E-state index in [1.54, 1.807) is 12.1 Å². The van der Waals surface area contributed by atoms with Gasteiger partial charge in [0, 0.05) is 11.6 Å². The lowest BCUT2D eigenvalue weighted by molar-refractivity contribution is 0.456. The highest BCUT2D eigenvalue weighted by atomic mass is 16.3. The van der Waals surface area contributed by atoms with Crippen LogP contribution in [0.2, 0.25) is 0 Å². The quantitative estimate of drug-likeness (QED) is 0.767. The van der Waals surface area contributed by atoms with Crippen LogP contribution < -0.4 is 5.73 Å². The first-order chi connectivity index (χ1) is 6.72. The topological polar surface area (TPSA) is 46.2 Å². The Kier molecular flexibility index (Phi) is 2.30. The predicted octanol–water partition coefficient (Wildman–Crippen LogP) is 2.45. The van der Waals surface area contributed by atoms with Gasteiger partial charge >= 0.3 is 0 Å². The lowest BCUT2D eigenvalue weighted by atomic mass is 10.00. The van der Waals surface area contributed by atoms with Crippen molar-refractivity contribution in [3.05, 3.63) is 35.9 Å². The summed E-state index contributed by atoms with van der Waals surface area (Å²) in [6, 6.07) is 5.43. The molecule has 0 amide bonds. The van der Waals surface area contributed by atoms with Gasteiger partial charge in [0.25, 0.3) is 0 Å². The molecule has 0 aromatic heterocycles. The minimum atomic E-state index is -0.0186. The maximum Gasteiger partial charge on any atom is 0.120 e. The fraction of sp³-hybridized carbons (Fsp3) is 0.333. The summed E-state index contributed by atoms with van der Waals surface area (Å²) in [6.45, 7) is 3.70. The third-order valence-corrected chi connectivity index (χ3v) is 2.78. The Labute approximate surface area is 84.1 Å². The second kappa shape index (κ2) is 3.46. The zero-order valence-electron chi connectivity index (χ0n) is 8.11. The Hall–Kier alpha value is -1.28. The molecule has 1 atom stereocenters. The van der Waals surface area contributed by atoms with Crippen molar-refractivity contribution in [1.29, 1.82) is 0 Å². The highest BCUT2D eigenvalue weighted by Crippen LogP contribution is 2.42. The number of hydrogen-bond acceptors (Lipinski definition) is 2. The zero-order valence-corrected chi connectivity index (χ0v) is 8.11. The number of phenolic OH excluding ortho intramolecular Hbond substituents is 1.